The third-order valence-corrected chi connectivity index (χ3v) is 6.87. The molecule has 2 amide bonds. The number of nitrogens with zero attached hydrogens (tertiary/aromatic N) is 4. The van der Waals surface area contributed by atoms with Gasteiger partial charge in [0.05, 0.1) is 6.54 Å². The van der Waals surface area contributed by atoms with Gasteiger partial charge in [-0.1, -0.05) is 25.1 Å². The number of aromatic nitrogens is 2. The van der Waals surface area contributed by atoms with E-state index < -0.39 is 28.9 Å². The minimum atomic E-state index is -2.92. The van der Waals surface area contributed by atoms with E-state index in [4.69, 9.17) is 4.42 Å². The molecule has 4 rings (SSSR count). The van der Waals surface area contributed by atoms with Crippen LogP contribution < -0.4 is 4.90 Å². The van der Waals surface area contributed by atoms with E-state index in [1.165, 1.54) is 17.0 Å². The van der Waals surface area contributed by atoms with Crippen molar-refractivity contribution in [2.75, 3.05) is 29.5 Å². The number of halogens is 3. The van der Waals surface area contributed by atoms with Crippen LogP contribution in [0.25, 0.3) is 11.5 Å². The molecule has 0 radical (unpaired) electrons. The summed E-state index contributed by atoms with van der Waals surface area (Å²) >= 11 is 0. The van der Waals surface area contributed by atoms with Crippen LogP contribution in [0, 0.1) is 5.82 Å². The number of hydrogen-bond donors (Lipinski definition) is 0. The standard InChI is InChI=1S/C23H23F3N4O3S/c1-2-15-3-7-18(8-4-15)30(23(31)29-9-11-34(32)12-10-29)14-17-6-5-16(13-19(17)24)21-27-28-22(33-21)20(25)26/h3-8,13,20H,2,9-12,14H2,1H3. The van der Waals surface area contributed by atoms with E-state index in [2.05, 4.69) is 10.2 Å². The molecule has 1 aromatic heterocycles. The lowest BCUT2D eigenvalue weighted by Gasteiger charge is -2.33. The van der Waals surface area contributed by atoms with Crippen LogP contribution in [0.4, 0.5) is 23.7 Å². The van der Waals surface area contributed by atoms with Crippen molar-refractivity contribution in [2.24, 2.45) is 0 Å². The predicted molar refractivity (Wildman–Crippen MR) is 121 cm³/mol. The van der Waals surface area contributed by atoms with E-state index in [9.17, 15) is 17.8 Å². The van der Waals surface area contributed by atoms with Crippen molar-refractivity contribution in [3.63, 3.8) is 0 Å². The molecular formula is C23H23F3N4O3S. The Kier molecular flexibility index (Phi) is 7.30. The number of hydrogen-bond acceptors (Lipinski definition) is 5. The summed E-state index contributed by atoms with van der Waals surface area (Å²) < 4.78 is 57.1. The van der Waals surface area contributed by atoms with Crippen LogP contribution in [0.2, 0.25) is 0 Å². The number of urea groups is 1. The Balaban J connectivity index is 1.61. The van der Waals surface area contributed by atoms with Gasteiger partial charge in [-0.25, -0.2) is 9.18 Å². The van der Waals surface area contributed by atoms with Crippen LogP contribution in [-0.2, 0) is 23.8 Å². The van der Waals surface area contributed by atoms with Crippen molar-refractivity contribution in [1.29, 1.82) is 0 Å². The van der Waals surface area contributed by atoms with Gasteiger partial charge >= 0.3 is 12.5 Å². The average Bonchev–Trinajstić information content (AvgIpc) is 3.34. The minimum Gasteiger partial charge on any atom is -0.415 e. The predicted octanol–water partition coefficient (Wildman–Crippen LogP) is 4.57. The third kappa shape index (κ3) is 5.30. The number of carbonyl (C=O) groups excluding carboxylic acids is 1. The summed E-state index contributed by atoms with van der Waals surface area (Å²) in [6, 6.07) is 11.2. The topological polar surface area (TPSA) is 79.5 Å². The van der Waals surface area contributed by atoms with Crippen molar-refractivity contribution in [2.45, 2.75) is 26.3 Å². The fraction of sp³-hybridized carbons (Fsp3) is 0.348. The third-order valence-electron chi connectivity index (χ3n) is 5.59. The highest BCUT2D eigenvalue weighted by molar-refractivity contribution is 7.85. The van der Waals surface area contributed by atoms with E-state index in [0.29, 0.717) is 30.3 Å². The molecule has 1 aliphatic heterocycles. The van der Waals surface area contributed by atoms with Gasteiger partial charge in [0, 0.05) is 52.2 Å². The second-order valence-corrected chi connectivity index (χ2v) is 9.47. The van der Waals surface area contributed by atoms with Crippen molar-refractivity contribution < 1.29 is 26.6 Å². The SMILES string of the molecule is CCc1ccc(N(Cc2ccc(-c3nnc(C(F)F)o3)cc2F)C(=O)N2CCS(=O)CC2)cc1. The molecule has 1 aliphatic rings. The van der Waals surface area contributed by atoms with Gasteiger partial charge in [0.1, 0.15) is 5.82 Å². The fourth-order valence-corrected chi connectivity index (χ4v) is 4.65. The van der Waals surface area contributed by atoms with Gasteiger partial charge in [-0.2, -0.15) is 8.78 Å². The number of rotatable bonds is 6. The number of amides is 2. The molecule has 2 heterocycles. The number of carbonyl (C=O) groups is 1. The van der Waals surface area contributed by atoms with Gasteiger partial charge in [-0.05, 0) is 36.2 Å². The summed E-state index contributed by atoms with van der Waals surface area (Å²) in [5.74, 6) is -0.888. The minimum absolute atomic E-state index is 0.0534. The van der Waals surface area contributed by atoms with E-state index in [1.54, 1.807) is 4.90 Å². The summed E-state index contributed by atoms with van der Waals surface area (Å²) in [7, 11) is -0.943. The first-order chi connectivity index (χ1) is 16.4. The van der Waals surface area contributed by atoms with Crippen molar-refractivity contribution in [3.8, 4) is 11.5 Å². The van der Waals surface area contributed by atoms with E-state index in [0.717, 1.165) is 18.1 Å². The van der Waals surface area contributed by atoms with E-state index in [1.807, 2.05) is 31.2 Å². The molecule has 7 nitrogen and oxygen atoms in total. The Morgan fingerprint density at radius 2 is 1.85 bits per heavy atom. The molecule has 180 valence electrons. The summed E-state index contributed by atoms with van der Waals surface area (Å²) in [5, 5.41) is 6.80. The summed E-state index contributed by atoms with van der Waals surface area (Å²) in [6.07, 6.45) is -2.08. The zero-order valence-electron chi connectivity index (χ0n) is 18.4. The van der Waals surface area contributed by atoms with Crippen LogP contribution >= 0.6 is 0 Å². The highest BCUT2D eigenvalue weighted by Gasteiger charge is 2.27. The van der Waals surface area contributed by atoms with Crippen LogP contribution in [0.1, 0.15) is 30.4 Å². The van der Waals surface area contributed by atoms with Crippen LogP contribution in [-0.4, -0.2) is 49.9 Å². The Hall–Kier alpha value is -3.21. The molecule has 0 aliphatic carbocycles. The summed E-state index contributed by atoms with van der Waals surface area (Å²) in [5.41, 5.74) is 2.09. The number of aryl methyl sites for hydroxylation is 1. The number of anilines is 1. The second kappa shape index (κ2) is 10.4. The van der Waals surface area contributed by atoms with Crippen LogP contribution in [0.3, 0.4) is 0 Å². The number of alkyl halides is 2. The highest BCUT2D eigenvalue weighted by Crippen LogP contribution is 2.27. The zero-order chi connectivity index (χ0) is 24.2. The average molecular weight is 493 g/mol. The van der Waals surface area contributed by atoms with Gasteiger partial charge in [-0.15, -0.1) is 10.2 Å². The Bertz CT molecular complexity index is 1180. The molecule has 2 aromatic carbocycles. The fourth-order valence-electron chi connectivity index (χ4n) is 3.60. The molecule has 34 heavy (non-hydrogen) atoms. The smallest absolute Gasteiger partial charge is 0.324 e. The zero-order valence-corrected chi connectivity index (χ0v) is 19.2. The van der Waals surface area contributed by atoms with Gasteiger partial charge < -0.3 is 9.32 Å². The first kappa shape index (κ1) is 23.9. The molecule has 0 atom stereocenters. The van der Waals surface area contributed by atoms with E-state index >= 15 is 4.39 Å². The highest BCUT2D eigenvalue weighted by atomic mass is 32.2. The molecular weight excluding hydrogens is 469 g/mol. The normalized spacial score (nSPS) is 14.6. The molecule has 0 N–H and O–H groups in total. The lowest BCUT2D eigenvalue weighted by atomic mass is 10.1. The molecule has 1 saturated heterocycles. The molecule has 1 fully saturated rings. The first-order valence-corrected chi connectivity index (χ1v) is 12.2. The largest absolute Gasteiger partial charge is 0.415 e. The van der Waals surface area contributed by atoms with Crippen molar-refractivity contribution in [1.82, 2.24) is 15.1 Å². The summed E-state index contributed by atoms with van der Waals surface area (Å²) in [4.78, 5) is 16.5. The second-order valence-electron chi connectivity index (χ2n) is 7.78. The molecule has 0 spiro atoms. The van der Waals surface area contributed by atoms with Gasteiger partial charge in [0.25, 0.3) is 5.89 Å². The molecule has 0 saturated carbocycles. The van der Waals surface area contributed by atoms with Gasteiger partial charge in [0.15, 0.2) is 0 Å². The Morgan fingerprint density at radius 1 is 1.15 bits per heavy atom. The van der Waals surface area contributed by atoms with Crippen LogP contribution in [0.5, 0.6) is 0 Å². The lowest BCUT2D eigenvalue weighted by Crippen LogP contribution is -2.48. The maximum atomic E-state index is 15.0. The molecule has 0 bridgehead atoms. The Labute approximate surface area is 197 Å². The lowest BCUT2D eigenvalue weighted by molar-refractivity contribution is 0.116. The maximum Gasteiger partial charge on any atom is 0.324 e. The van der Waals surface area contributed by atoms with Gasteiger partial charge in [-0.3, -0.25) is 9.11 Å². The monoisotopic (exact) mass is 492 g/mol. The van der Waals surface area contributed by atoms with Crippen LogP contribution in [0.15, 0.2) is 46.9 Å². The quantitative estimate of drug-likeness (QED) is 0.504. The Morgan fingerprint density at radius 3 is 2.44 bits per heavy atom. The maximum absolute atomic E-state index is 15.0. The molecule has 3 aromatic rings. The van der Waals surface area contributed by atoms with Gasteiger partial charge in [0.2, 0.25) is 5.89 Å². The van der Waals surface area contributed by atoms with E-state index in [-0.39, 0.29) is 29.6 Å². The number of benzene rings is 2. The first-order valence-electron chi connectivity index (χ1n) is 10.8. The molecule has 0 unspecified atom stereocenters. The molecule has 11 heteroatoms. The van der Waals surface area contributed by atoms with Crippen molar-refractivity contribution in [3.05, 3.63) is 65.3 Å². The summed E-state index contributed by atoms with van der Waals surface area (Å²) in [6.45, 7) is 2.69. The van der Waals surface area contributed by atoms with Crippen molar-refractivity contribution >= 4 is 22.5 Å².